The molecule has 0 aliphatic carbocycles. The molecule has 0 amide bonds. The maximum atomic E-state index is 12.7. The van der Waals surface area contributed by atoms with E-state index in [1.165, 1.54) is 5.56 Å². The molecule has 0 atom stereocenters. The Morgan fingerprint density at radius 2 is 1.90 bits per heavy atom. The molecule has 1 N–H and O–H groups in total. The predicted octanol–water partition coefficient (Wildman–Crippen LogP) is 3.51. The normalized spacial score (nSPS) is 11.5. The highest BCUT2D eigenvalue weighted by atomic mass is 32.1. The second-order valence-corrected chi connectivity index (χ2v) is 8.17. The van der Waals surface area contributed by atoms with E-state index in [0.717, 1.165) is 54.6 Å². The van der Waals surface area contributed by atoms with E-state index in [9.17, 15) is 4.79 Å². The van der Waals surface area contributed by atoms with Gasteiger partial charge in [0.2, 0.25) is 0 Å². The Morgan fingerprint density at radius 1 is 1.14 bits per heavy atom. The summed E-state index contributed by atoms with van der Waals surface area (Å²) in [5, 5.41) is 2.85. The molecular formula is C22H29N5OS. The molecule has 0 bridgehead atoms. The van der Waals surface area contributed by atoms with Crippen LogP contribution in [-0.4, -0.2) is 58.5 Å². The van der Waals surface area contributed by atoms with Crippen LogP contribution < -0.4 is 5.56 Å². The van der Waals surface area contributed by atoms with Crippen molar-refractivity contribution in [1.29, 1.82) is 0 Å². The molecule has 0 fully saturated rings. The van der Waals surface area contributed by atoms with E-state index < -0.39 is 0 Å². The third-order valence-electron chi connectivity index (χ3n) is 4.98. The van der Waals surface area contributed by atoms with Gasteiger partial charge < -0.3 is 9.88 Å². The van der Waals surface area contributed by atoms with Gasteiger partial charge in [0.1, 0.15) is 5.01 Å². The first-order valence-corrected chi connectivity index (χ1v) is 10.9. The summed E-state index contributed by atoms with van der Waals surface area (Å²) in [5.74, 6) is 0. The van der Waals surface area contributed by atoms with Gasteiger partial charge in [0.05, 0.1) is 11.3 Å². The minimum absolute atomic E-state index is 0.0754. The molecule has 0 unspecified atom stereocenters. The molecule has 3 aromatic rings. The summed E-state index contributed by atoms with van der Waals surface area (Å²) in [4.78, 5) is 29.2. The third-order valence-corrected chi connectivity index (χ3v) is 5.87. The summed E-state index contributed by atoms with van der Waals surface area (Å²) in [5.41, 5.74) is 4.47. The summed E-state index contributed by atoms with van der Waals surface area (Å²) in [6, 6.07) is 5.89. The zero-order valence-electron chi connectivity index (χ0n) is 17.6. The highest BCUT2D eigenvalue weighted by molar-refractivity contribution is 7.13. The highest BCUT2D eigenvalue weighted by Crippen LogP contribution is 2.28. The quantitative estimate of drug-likeness (QED) is 0.584. The number of rotatable bonds is 9. The van der Waals surface area contributed by atoms with Crippen molar-refractivity contribution >= 4 is 11.3 Å². The van der Waals surface area contributed by atoms with Gasteiger partial charge >= 0.3 is 0 Å². The second kappa shape index (κ2) is 9.91. The number of aromatic amines is 1. The molecule has 0 aliphatic heterocycles. The molecule has 0 radical (unpaired) electrons. The Bertz CT molecular complexity index is 980. The molecule has 0 saturated carbocycles. The van der Waals surface area contributed by atoms with E-state index in [0.29, 0.717) is 5.56 Å². The largest absolute Gasteiger partial charge is 0.325 e. The molecule has 0 aromatic carbocycles. The summed E-state index contributed by atoms with van der Waals surface area (Å²) in [6.45, 7) is 8.04. The van der Waals surface area contributed by atoms with Gasteiger partial charge in [-0.1, -0.05) is 13.8 Å². The van der Waals surface area contributed by atoms with Gasteiger partial charge in [-0.3, -0.25) is 14.7 Å². The van der Waals surface area contributed by atoms with Gasteiger partial charge in [0.25, 0.3) is 5.56 Å². The minimum atomic E-state index is -0.0754. The van der Waals surface area contributed by atoms with Crippen molar-refractivity contribution in [2.75, 3.05) is 33.7 Å². The Hall–Kier alpha value is -2.35. The Kier molecular flexibility index (Phi) is 7.30. The summed E-state index contributed by atoms with van der Waals surface area (Å²) >= 11 is 1.54. The van der Waals surface area contributed by atoms with Crippen molar-refractivity contribution in [2.24, 2.45) is 0 Å². The molecule has 3 rings (SSSR count). The van der Waals surface area contributed by atoms with Crippen LogP contribution in [0.5, 0.6) is 0 Å². The summed E-state index contributed by atoms with van der Waals surface area (Å²) in [7, 11) is 4.18. The van der Waals surface area contributed by atoms with E-state index in [1.54, 1.807) is 23.7 Å². The number of likely N-dealkylation sites (N-methyl/N-ethyl adjacent to an activating group) is 2. The van der Waals surface area contributed by atoms with Crippen LogP contribution >= 0.6 is 11.3 Å². The van der Waals surface area contributed by atoms with Crippen LogP contribution in [0.3, 0.4) is 0 Å². The molecule has 7 heteroatoms. The lowest BCUT2D eigenvalue weighted by Crippen LogP contribution is -2.32. The SMILES string of the molecule is CCc1[nH]c(=O)c(-c2csc(-c3ccncc3)n2)cc1CN(CC)CCN(C)C. The van der Waals surface area contributed by atoms with Gasteiger partial charge in [-0.25, -0.2) is 4.98 Å². The van der Waals surface area contributed by atoms with Crippen molar-refractivity contribution < 1.29 is 0 Å². The van der Waals surface area contributed by atoms with Crippen LogP contribution in [0.4, 0.5) is 0 Å². The average Bonchev–Trinajstić information content (AvgIpc) is 3.22. The average molecular weight is 412 g/mol. The lowest BCUT2D eigenvalue weighted by atomic mass is 10.1. The van der Waals surface area contributed by atoms with Crippen LogP contribution in [-0.2, 0) is 13.0 Å². The molecule has 0 saturated heterocycles. The topological polar surface area (TPSA) is 65.1 Å². The zero-order valence-corrected chi connectivity index (χ0v) is 18.4. The van der Waals surface area contributed by atoms with Crippen LogP contribution in [0.15, 0.2) is 40.8 Å². The van der Waals surface area contributed by atoms with Crippen molar-refractivity contribution in [2.45, 2.75) is 26.8 Å². The lowest BCUT2D eigenvalue weighted by molar-refractivity contribution is 0.243. The standard InChI is InChI=1S/C22H29N5OS/c1-5-19-17(14-27(6-2)12-11-26(3)4)13-18(21(28)24-19)20-15-29-22(25-20)16-7-9-23-10-8-16/h7-10,13,15H,5-6,11-12,14H2,1-4H3,(H,24,28). The van der Waals surface area contributed by atoms with E-state index in [1.807, 2.05) is 23.6 Å². The second-order valence-electron chi connectivity index (χ2n) is 7.32. The van der Waals surface area contributed by atoms with E-state index in [-0.39, 0.29) is 5.56 Å². The molecule has 0 spiro atoms. The number of hydrogen-bond donors (Lipinski definition) is 1. The smallest absolute Gasteiger partial charge is 0.257 e. The molecule has 3 heterocycles. The number of nitrogens with one attached hydrogen (secondary N) is 1. The number of thiazole rings is 1. The van der Waals surface area contributed by atoms with Crippen LogP contribution in [0.2, 0.25) is 0 Å². The molecule has 6 nitrogen and oxygen atoms in total. The number of pyridine rings is 2. The number of hydrogen-bond acceptors (Lipinski definition) is 6. The number of nitrogens with zero attached hydrogens (tertiary/aromatic N) is 4. The first-order valence-electron chi connectivity index (χ1n) is 10.00. The zero-order chi connectivity index (χ0) is 20.8. The van der Waals surface area contributed by atoms with Gasteiger partial charge in [-0.2, -0.15) is 0 Å². The van der Waals surface area contributed by atoms with Gasteiger partial charge in [0, 0.05) is 48.7 Å². The molecule has 3 aromatic heterocycles. The summed E-state index contributed by atoms with van der Waals surface area (Å²) in [6.07, 6.45) is 4.31. The fourth-order valence-corrected chi connectivity index (χ4v) is 4.04. The van der Waals surface area contributed by atoms with Crippen LogP contribution in [0, 0.1) is 0 Å². The third kappa shape index (κ3) is 5.38. The van der Waals surface area contributed by atoms with Crippen molar-refractivity contribution in [3.05, 3.63) is 57.6 Å². The molecule has 154 valence electrons. The molecule has 29 heavy (non-hydrogen) atoms. The number of aromatic nitrogens is 3. The monoisotopic (exact) mass is 411 g/mol. The molecular weight excluding hydrogens is 382 g/mol. The first-order chi connectivity index (χ1) is 14.0. The predicted molar refractivity (Wildman–Crippen MR) is 120 cm³/mol. The molecule has 0 aliphatic rings. The fraction of sp³-hybridized carbons (Fsp3) is 0.409. The highest BCUT2D eigenvalue weighted by Gasteiger charge is 2.15. The van der Waals surface area contributed by atoms with Crippen LogP contribution in [0.1, 0.15) is 25.1 Å². The van der Waals surface area contributed by atoms with Crippen molar-refractivity contribution in [3.8, 4) is 21.8 Å². The van der Waals surface area contributed by atoms with Gasteiger partial charge in [0.15, 0.2) is 0 Å². The van der Waals surface area contributed by atoms with Crippen molar-refractivity contribution in [1.82, 2.24) is 24.8 Å². The number of H-pyrrole nitrogens is 1. The fourth-order valence-electron chi connectivity index (χ4n) is 3.21. The van der Waals surface area contributed by atoms with Gasteiger partial charge in [-0.05, 0) is 50.8 Å². The van der Waals surface area contributed by atoms with E-state index in [4.69, 9.17) is 4.98 Å². The lowest BCUT2D eigenvalue weighted by Gasteiger charge is -2.23. The Labute approximate surface area is 176 Å². The van der Waals surface area contributed by atoms with E-state index >= 15 is 0 Å². The first kappa shape index (κ1) is 21.4. The van der Waals surface area contributed by atoms with Crippen molar-refractivity contribution in [3.63, 3.8) is 0 Å². The van der Waals surface area contributed by atoms with E-state index in [2.05, 4.69) is 47.7 Å². The van der Waals surface area contributed by atoms with Gasteiger partial charge in [-0.15, -0.1) is 11.3 Å². The maximum absolute atomic E-state index is 12.7. The number of aryl methyl sites for hydroxylation is 1. The Balaban J connectivity index is 1.91. The maximum Gasteiger partial charge on any atom is 0.257 e. The Morgan fingerprint density at radius 3 is 2.55 bits per heavy atom. The van der Waals surface area contributed by atoms with Crippen LogP contribution in [0.25, 0.3) is 21.8 Å². The minimum Gasteiger partial charge on any atom is -0.325 e. The summed E-state index contributed by atoms with van der Waals surface area (Å²) < 4.78 is 0.